The third-order valence-electron chi connectivity index (χ3n) is 4.45. The topological polar surface area (TPSA) is 65.4 Å². The van der Waals surface area contributed by atoms with Crippen LogP contribution in [0.25, 0.3) is 0 Å². The minimum absolute atomic E-state index is 0.166. The molecule has 1 aromatic rings. The molecule has 0 spiro atoms. The number of amides is 1. The maximum absolute atomic E-state index is 12.3. The molecule has 2 heterocycles. The number of carbonyl (C=O) groups excluding carboxylic acids is 1. The third kappa shape index (κ3) is 3.80. The van der Waals surface area contributed by atoms with Crippen LogP contribution in [0, 0.1) is 5.92 Å². The van der Waals surface area contributed by atoms with Crippen LogP contribution in [0.3, 0.4) is 0 Å². The van der Waals surface area contributed by atoms with Crippen LogP contribution in [0.4, 0.5) is 4.79 Å². The number of ether oxygens (including phenoxy) is 2. The van der Waals surface area contributed by atoms with Gasteiger partial charge in [0.1, 0.15) is 0 Å². The Morgan fingerprint density at radius 2 is 2.32 bits per heavy atom. The summed E-state index contributed by atoms with van der Waals surface area (Å²) >= 11 is 0. The standard InChI is InChI=1S/C16H25N3O3/c1-21-16-18-14(13-7-9-22-11-13)10-19(16)15(20)17-8-3-2-4-12-5-6-12/h10,12-13H,2-9,11H2,1H3,(H,17,20). The molecule has 0 aromatic carbocycles. The lowest BCUT2D eigenvalue weighted by atomic mass is 10.1. The van der Waals surface area contributed by atoms with Gasteiger partial charge in [0.2, 0.25) is 0 Å². The molecule has 3 rings (SSSR count). The predicted molar refractivity (Wildman–Crippen MR) is 82.3 cm³/mol. The van der Waals surface area contributed by atoms with Gasteiger partial charge in [0.15, 0.2) is 0 Å². The van der Waals surface area contributed by atoms with Gasteiger partial charge < -0.3 is 14.8 Å². The summed E-state index contributed by atoms with van der Waals surface area (Å²) in [4.78, 5) is 16.7. The van der Waals surface area contributed by atoms with E-state index >= 15 is 0 Å². The van der Waals surface area contributed by atoms with Crippen molar-refractivity contribution < 1.29 is 14.3 Å². The van der Waals surface area contributed by atoms with Gasteiger partial charge in [0.25, 0.3) is 0 Å². The summed E-state index contributed by atoms with van der Waals surface area (Å²) in [5, 5.41) is 2.94. The number of methoxy groups -OCH3 is 1. The van der Waals surface area contributed by atoms with Crippen LogP contribution in [0.5, 0.6) is 6.01 Å². The number of nitrogens with one attached hydrogen (secondary N) is 1. The van der Waals surface area contributed by atoms with Gasteiger partial charge in [-0.2, -0.15) is 4.98 Å². The molecule has 1 N–H and O–H groups in total. The number of hydrogen-bond donors (Lipinski definition) is 1. The molecule has 22 heavy (non-hydrogen) atoms. The van der Waals surface area contributed by atoms with Crippen LogP contribution in [0.2, 0.25) is 0 Å². The fourth-order valence-corrected chi connectivity index (χ4v) is 2.88. The molecule has 1 saturated heterocycles. The highest BCUT2D eigenvalue weighted by molar-refractivity contribution is 5.78. The number of aromatic nitrogens is 2. The highest BCUT2D eigenvalue weighted by atomic mass is 16.5. The SMILES string of the molecule is COc1nc(C2CCOC2)cn1C(=O)NCCCCC1CC1. The summed E-state index contributed by atoms with van der Waals surface area (Å²) in [6.07, 6.45) is 9.04. The third-order valence-corrected chi connectivity index (χ3v) is 4.45. The lowest BCUT2D eigenvalue weighted by Gasteiger charge is -2.07. The van der Waals surface area contributed by atoms with E-state index in [2.05, 4.69) is 10.3 Å². The van der Waals surface area contributed by atoms with E-state index < -0.39 is 0 Å². The monoisotopic (exact) mass is 307 g/mol. The van der Waals surface area contributed by atoms with Gasteiger partial charge >= 0.3 is 12.0 Å². The Morgan fingerprint density at radius 3 is 3.00 bits per heavy atom. The normalized spacial score (nSPS) is 21.0. The summed E-state index contributed by atoms with van der Waals surface area (Å²) in [7, 11) is 1.54. The number of nitrogens with zero attached hydrogens (tertiary/aromatic N) is 2. The van der Waals surface area contributed by atoms with E-state index in [0.29, 0.717) is 19.2 Å². The van der Waals surface area contributed by atoms with Crippen molar-refractivity contribution in [3.05, 3.63) is 11.9 Å². The molecule has 1 amide bonds. The summed E-state index contributed by atoms with van der Waals surface area (Å²) in [5.74, 6) is 1.22. The van der Waals surface area contributed by atoms with Crippen molar-refractivity contribution >= 4 is 6.03 Å². The largest absolute Gasteiger partial charge is 0.468 e. The lowest BCUT2D eigenvalue weighted by molar-refractivity contribution is 0.193. The Hall–Kier alpha value is -1.56. The second-order valence-corrected chi connectivity index (χ2v) is 6.25. The summed E-state index contributed by atoms with van der Waals surface area (Å²) in [6, 6.07) is 0.179. The van der Waals surface area contributed by atoms with Crippen molar-refractivity contribution in [1.29, 1.82) is 0 Å². The zero-order valence-electron chi connectivity index (χ0n) is 13.2. The quantitative estimate of drug-likeness (QED) is 0.786. The maximum Gasteiger partial charge on any atom is 0.329 e. The van der Waals surface area contributed by atoms with Crippen molar-refractivity contribution in [1.82, 2.24) is 14.9 Å². The van der Waals surface area contributed by atoms with Gasteiger partial charge in [-0.25, -0.2) is 9.36 Å². The second-order valence-electron chi connectivity index (χ2n) is 6.25. The summed E-state index contributed by atoms with van der Waals surface area (Å²) < 4.78 is 12.1. The average Bonchev–Trinajstić information content (AvgIpc) is 3.04. The molecule has 1 saturated carbocycles. The number of rotatable bonds is 7. The fourth-order valence-electron chi connectivity index (χ4n) is 2.88. The Balaban J connectivity index is 1.51. The van der Waals surface area contributed by atoms with Gasteiger partial charge in [-0.15, -0.1) is 0 Å². The van der Waals surface area contributed by atoms with E-state index in [-0.39, 0.29) is 11.9 Å². The lowest BCUT2D eigenvalue weighted by Crippen LogP contribution is -2.29. The molecule has 0 radical (unpaired) electrons. The van der Waals surface area contributed by atoms with E-state index in [1.807, 2.05) is 0 Å². The molecule has 1 aliphatic heterocycles. The molecule has 1 aromatic heterocycles. The Bertz CT molecular complexity index is 505. The Labute approximate surface area is 131 Å². The Kier molecular flexibility index (Phi) is 4.97. The number of unbranched alkanes of at least 4 members (excludes halogenated alkanes) is 1. The van der Waals surface area contributed by atoms with Gasteiger partial charge in [-0.3, -0.25) is 0 Å². The van der Waals surface area contributed by atoms with Crippen LogP contribution >= 0.6 is 0 Å². The van der Waals surface area contributed by atoms with Crippen molar-refractivity contribution in [3.8, 4) is 6.01 Å². The highest BCUT2D eigenvalue weighted by Crippen LogP contribution is 2.33. The van der Waals surface area contributed by atoms with Crippen molar-refractivity contribution in [2.45, 2.75) is 44.4 Å². The molecule has 6 nitrogen and oxygen atoms in total. The van der Waals surface area contributed by atoms with E-state index in [1.54, 1.807) is 6.20 Å². The fraction of sp³-hybridized carbons (Fsp3) is 0.750. The molecule has 6 heteroatoms. The zero-order valence-corrected chi connectivity index (χ0v) is 13.2. The van der Waals surface area contributed by atoms with Crippen LogP contribution in [0.1, 0.15) is 50.1 Å². The first kappa shape index (κ1) is 15.3. The van der Waals surface area contributed by atoms with E-state index in [9.17, 15) is 4.79 Å². The summed E-state index contributed by atoms with van der Waals surface area (Å²) in [5.41, 5.74) is 0.873. The molecule has 122 valence electrons. The molecule has 1 aliphatic carbocycles. The van der Waals surface area contributed by atoms with Gasteiger partial charge in [0, 0.05) is 25.3 Å². The average molecular weight is 307 g/mol. The molecular weight excluding hydrogens is 282 g/mol. The zero-order chi connectivity index (χ0) is 15.4. The van der Waals surface area contributed by atoms with Crippen LogP contribution in [0.15, 0.2) is 6.20 Å². The van der Waals surface area contributed by atoms with E-state index in [1.165, 1.54) is 37.4 Å². The first-order valence-electron chi connectivity index (χ1n) is 8.27. The molecule has 1 atom stereocenters. The minimum Gasteiger partial charge on any atom is -0.468 e. The maximum atomic E-state index is 12.3. The predicted octanol–water partition coefficient (Wildman–Crippen LogP) is 2.53. The van der Waals surface area contributed by atoms with Crippen LogP contribution < -0.4 is 10.1 Å². The van der Waals surface area contributed by atoms with Crippen molar-refractivity contribution in [3.63, 3.8) is 0 Å². The Morgan fingerprint density at radius 1 is 1.45 bits per heavy atom. The van der Waals surface area contributed by atoms with Crippen LogP contribution in [-0.2, 0) is 4.74 Å². The number of carbonyl (C=O) groups is 1. The van der Waals surface area contributed by atoms with Crippen molar-refractivity contribution in [2.75, 3.05) is 26.9 Å². The smallest absolute Gasteiger partial charge is 0.329 e. The molecule has 1 unspecified atom stereocenters. The number of hydrogen-bond acceptors (Lipinski definition) is 4. The van der Waals surface area contributed by atoms with Gasteiger partial charge in [-0.05, 0) is 18.8 Å². The molecule has 0 bridgehead atoms. The van der Waals surface area contributed by atoms with E-state index in [0.717, 1.165) is 31.1 Å². The van der Waals surface area contributed by atoms with Gasteiger partial charge in [-0.1, -0.05) is 25.7 Å². The van der Waals surface area contributed by atoms with Crippen LogP contribution in [-0.4, -0.2) is 42.5 Å². The highest BCUT2D eigenvalue weighted by Gasteiger charge is 2.24. The van der Waals surface area contributed by atoms with Crippen molar-refractivity contribution in [2.24, 2.45) is 5.92 Å². The molecule has 2 aliphatic rings. The minimum atomic E-state index is -0.166. The first-order valence-corrected chi connectivity index (χ1v) is 8.27. The van der Waals surface area contributed by atoms with Gasteiger partial charge in [0.05, 0.1) is 19.4 Å². The molecule has 2 fully saturated rings. The number of imidazole rings is 1. The summed E-state index contributed by atoms with van der Waals surface area (Å²) in [6.45, 7) is 2.13. The van der Waals surface area contributed by atoms with E-state index in [4.69, 9.17) is 9.47 Å². The first-order chi connectivity index (χ1) is 10.8. The molecular formula is C16H25N3O3. The second kappa shape index (κ2) is 7.13.